The number of aromatic nitrogens is 1. The molecule has 2 atom stereocenters. The average molecular weight is 396 g/mol. The van der Waals surface area contributed by atoms with E-state index in [9.17, 15) is 28.1 Å². The highest BCUT2D eigenvalue weighted by atomic mass is 32.1. The summed E-state index contributed by atoms with van der Waals surface area (Å²) < 4.78 is 48.6. The van der Waals surface area contributed by atoms with E-state index in [0.717, 1.165) is 17.7 Å². The van der Waals surface area contributed by atoms with E-state index >= 15 is 0 Å². The van der Waals surface area contributed by atoms with Gasteiger partial charge in [-0.25, -0.2) is 4.79 Å². The lowest BCUT2D eigenvalue weighted by Gasteiger charge is -2.38. The van der Waals surface area contributed by atoms with Crippen LogP contribution in [0.4, 0.5) is 28.7 Å². The summed E-state index contributed by atoms with van der Waals surface area (Å²) in [5.41, 5.74) is -1.15. The molecule has 26 heavy (non-hydrogen) atoms. The van der Waals surface area contributed by atoms with Crippen LogP contribution in [0.15, 0.2) is 6.20 Å². The van der Waals surface area contributed by atoms with Crippen molar-refractivity contribution in [2.45, 2.75) is 45.0 Å². The van der Waals surface area contributed by atoms with Gasteiger partial charge in [-0.15, -0.1) is 0 Å². The molecule has 1 amide bonds. The van der Waals surface area contributed by atoms with Crippen molar-refractivity contribution in [2.24, 2.45) is 5.92 Å². The molecule has 8 nitrogen and oxygen atoms in total. The Morgan fingerprint density at radius 2 is 2.08 bits per heavy atom. The molecule has 0 bridgehead atoms. The second-order valence-electron chi connectivity index (χ2n) is 7.00. The molecule has 1 aliphatic heterocycles. The maximum Gasteiger partial charge on any atom is 0.407 e. The Kier molecular flexibility index (Phi) is 5.64. The number of carbonyl (C=O) groups is 1. The third kappa shape index (κ3) is 5.19. The van der Waals surface area contributed by atoms with E-state index in [0.29, 0.717) is 0 Å². The fraction of sp³-hybridized carbons (Fsp3) is 0.714. The number of alkyl carbamates (subject to hydrolysis) is 1. The van der Waals surface area contributed by atoms with Crippen molar-refractivity contribution < 1.29 is 27.6 Å². The predicted octanol–water partition coefficient (Wildman–Crippen LogP) is 3.33. The number of hydrogen-bond donors (Lipinski definition) is 1. The number of ether oxygens (including phenoxy) is 1. The molecule has 12 heteroatoms. The van der Waals surface area contributed by atoms with Crippen LogP contribution in [0.1, 0.15) is 27.2 Å². The smallest absolute Gasteiger partial charge is 0.407 e. The summed E-state index contributed by atoms with van der Waals surface area (Å²) in [6, 6.07) is -0.869. The van der Waals surface area contributed by atoms with Gasteiger partial charge in [0.2, 0.25) is 0 Å². The molecule has 1 saturated heterocycles. The Morgan fingerprint density at radius 1 is 1.42 bits per heavy atom. The first-order valence-corrected chi connectivity index (χ1v) is 8.54. The molecule has 0 spiro atoms. The third-order valence-corrected chi connectivity index (χ3v) is 4.50. The normalized spacial score (nSPS) is 21.4. The monoisotopic (exact) mass is 396 g/mol. The second-order valence-corrected chi connectivity index (χ2v) is 7.78. The van der Waals surface area contributed by atoms with Gasteiger partial charge in [-0.05, 0) is 38.7 Å². The van der Waals surface area contributed by atoms with E-state index < -0.39 is 41.3 Å². The van der Waals surface area contributed by atoms with Crippen molar-refractivity contribution in [3.63, 3.8) is 0 Å². The number of nitrogens with zero attached hydrogens (tertiary/aromatic N) is 3. The molecule has 1 aromatic heterocycles. The maximum absolute atomic E-state index is 13.3. The van der Waals surface area contributed by atoms with Crippen LogP contribution in [-0.4, -0.2) is 46.3 Å². The molecule has 1 fully saturated rings. The Labute approximate surface area is 151 Å². The minimum Gasteiger partial charge on any atom is -0.444 e. The lowest BCUT2D eigenvalue weighted by molar-refractivity contribution is -0.384. The van der Waals surface area contributed by atoms with Crippen molar-refractivity contribution in [1.82, 2.24) is 9.69 Å². The number of nitro groups is 1. The van der Waals surface area contributed by atoms with Crippen molar-refractivity contribution in [3.05, 3.63) is 16.3 Å². The number of alkyl halides is 3. The standard InChI is InChI=1S/C14H19F3N4O4S/c1-13(2,3)25-12(22)19-9-4-8(14(15,16)17)6-20(7-9)11-10(21(23)24)5-18-26-11/h5,8-9H,4,6-7H2,1-3H3,(H,19,22). The van der Waals surface area contributed by atoms with Crippen LogP contribution in [0.3, 0.4) is 0 Å². The maximum atomic E-state index is 13.3. The zero-order chi connectivity index (χ0) is 19.7. The van der Waals surface area contributed by atoms with Gasteiger partial charge in [0.05, 0.1) is 16.9 Å². The fourth-order valence-electron chi connectivity index (χ4n) is 2.65. The second kappa shape index (κ2) is 7.25. The summed E-state index contributed by atoms with van der Waals surface area (Å²) in [7, 11) is 0. The van der Waals surface area contributed by atoms with Gasteiger partial charge in [0.25, 0.3) is 0 Å². The number of amides is 1. The van der Waals surface area contributed by atoms with Crippen LogP contribution < -0.4 is 10.2 Å². The Morgan fingerprint density at radius 3 is 2.62 bits per heavy atom. The highest BCUT2D eigenvalue weighted by Gasteiger charge is 2.46. The quantitative estimate of drug-likeness (QED) is 0.622. The first-order valence-electron chi connectivity index (χ1n) is 7.77. The number of anilines is 1. The zero-order valence-electron chi connectivity index (χ0n) is 14.4. The van der Waals surface area contributed by atoms with Gasteiger partial charge in [-0.3, -0.25) is 10.1 Å². The molecule has 2 rings (SSSR count). The van der Waals surface area contributed by atoms with E-state index in [1.165, 1.54) is 4.90 Å². The Balaban J connectivity index is 2.20. The SMILES string of the molecule is CC(C)(C)OC(=O)NC1CC(C(F)(F)F)CN(c2sncc2[N+](=O)[O-])C1. The lowest BCUT2D eigenvalue weighted by atomic mass is 9.93. The first kappa shape index (κ1) is 20.2. The summed E-state index contributed by atoms with van der Waals surface area (Å²) in [5, 5.41) is 13.5. The summed E-state index contributed by atoms with van der Waals surface area (Å²) >= 11 is 0.751. The van der Waals surface area contributed by atoms with Gasteiger partial charge in [0.15, 0.2) is 5.00 Å². The highest BCUT2D eigenvalue weighted by Crippen LogP contribution is 2.39. The van der Waals surface area contributed by atoms with Gasteiger partial charge in [-0.1, -0.05) is 0 Å². The summed E-state index contributed by atoms with van der Waals surface area (Å²) in [5.74, 6) is -1.74. The van der Waals surface area contributed by atoms with Crippen LogP contribution in [0.25, 0.3) is 0 Å². The van der Waals surface area contributed by atoms with Crippen LogP contribution >= 0.6 is 11.5 Å². The number of rotatable bonds is 3. The van der Waals surface area contributed by atoms with Gasteiger partial charge in [0, 0.05) is 13.1 Å². The van der Waals surface area contributed by atoms with E-state index in [1.54, 1.807) is 20.8 Å². The third-order valence-electron chi connectivity index (χ3n) is 3.65. The van der Waals surface area contributed by atoms with Crippen molar-refractivity contribution in [2.75, 3.05) is 18.0 Å². The van der Waals surface area contributed by atoms with Crippen molar-refractivity contribution in [3.8, 4) is 0 Å². The van der Waals surface area contributed by atoms with E-state index in [2.05, 4.69) is 9.69 Å². The molecule has 0 aliphatic carbocycles. The Bertz CT molecular complexity index is 674. The zero-order valence-corrected chi connectivity index (χ0v) is 15.2. The Hall–Kier alpha value is -2.11. The minimum atomic E-state index is -4.49. The van der Waals surface area contributed by atoms with Crippen LogP contribution in [-0.2, 0) is 4.74 Å². The van der Waals surface area contributed by atoms with E-state index in [4.69, 9.17) is 4.74 Å². The highest BCUT2D eigenvalue weighted by molar-refractivity contribution is 7.10. The molecule has 2 heterocycles. The van der Waals surface area contributed by atoms with E-state index in [1.807, 2.05) is 0 Å². The topological polar surface area (TPSA) is 97.6 Å². The average Bonchev–Trinajstić information content (AvgIpc) is 2.93. The molecular formula is C14H19F3N4O4S. The number of carbonyl (C=O) groups excluding carboxylic acids is 1. The first-order chi connectivity index (χ1) is 11.9. The van der Waals surface area contributed by atoms with Crippen LogP contribution in [0.2, 0.25) is 0 Å². The summed E-state index contributed by atoms with van der Waals surface area (Å²) in [4.78, 5) is 23.5. The molecule has 146 valence electrons. The van der Waals surface area contributed by atoms with Crippen molar-refractivity contribution in [1.29, 1.82) is 0 Å². The molecule has 1 aromatic rings. The molecule has 2 unspecified atom stereocenters. The summed E-state index contributed by atoms with van der Waals surface area (Å²) in [6.45, 7) is 4.48. The lowest BCUT2D eigenvalue weighted by Crippen LogP contribution is -2.54. The van der Waals surface area contributed by atoms with Gasteiger partial charge in [0.1, 0.15) is 11.8 Å². The van der Waals surface area contributed by atoms with Gasteiger partial charge in [-0.2, -0.15) is 17.5 Å². The molecule has 0 saturated carbocycles. The fourth-order valence-corrected chi connectivity index (χ4v) is 3.39. The van der Waals surface area contributed by atoms with E-state index in [-0.39, 0.29) is 23.7 Å². The largest absolute Gasteiger partial charge is 0.444 e. The number of nitrogens with one attached hydrogen (secondary N) is 1. The number of halogens is 3. The van der Waals surface area contributed by atoms with Crippen LogP contribution in [0, 0.1) is 16.0 Å². The summed E-state index contributed by atoms with van der Waals surface area (Å²) in [6.07, 6.45) is -4.64. The minimum absolute atomic E-state index is 0.00510. The molecule has 1 N–H and O–H groups in total. The number of hydrogen-bond acceptors (Lipinski definition) is 7. The number of piperidine rings is 1. The molecule has 0 radical (unpaired) electrons. The van der Waals surface area contributed by atoms with Gasteiger partial charge >= 0.3 is 18.0 Å². The van der Waals surface area contributed by atoms with Crippen LogP contribution in [0.5, 0.6) is 0 Å². The van der Waals surface area contributed by atoms with Gasteiger partial charge < -0.3 is 15.0 Å². The molecular weight excluding hydrogens is 377 g/mol. The molecule has 1 aliphatic rings. The van der Waals surface area contributed by atoms with Crippen molar-refractivity contribution >= 4 is 28.3 Å². The molecule has 0 aromatic carbocycles. The predicted molar refractivity (Wildman–Crippen MR) is 88.3 cm³/mol.